The second-order valence-electron chi connectivity index (χ2n) is 3.92. The standard InChI is InChI=1S/C10H16N4S/c1-7(9-12-4-5-15-9)6-13-10(11)14-8-2-3-8/h4-5,7-8H,2-3,6H2,1H3,(H3,11,13,14). The van der Waals surface area contributed by atoms with Crippen molar-refractivity contribution in [3.8, 4) is 0 Å². The lowest BCUT2D eigenvalue weighted by atomic mass is 10.2. The van der Waals surface area contributed by atoms with Gasteiger partial charge in [-0.05, 0) is 12.8 Å². The van der Waals surface area contributed by atoms with Crippen molar-refractivity contribution in [2.75, 3.05) is 6.54 Å². The van der Waals surface area contributed by atoms with E-state index in [1.165, 1.54) is 12.8 Å². The Morgan fingerprint density at radius 3 is 3.20 bits per heavy atom. The van der Waals surface area contributed by atoms with E-state index in [-0.39, 0.29) is 0 Å². The maximum atomic E-state index is 5.74. The van der Waals surface area contributed by atoms with Gasteiger partial charge in [-0.2, -0.15) is 0 Å². The summed E-state index contributed by atoms with van der Waals surface area (Å²) in [6.07, 6.45) is 4.27. The van der Waals surface area contributed by atoms with Crippen molar-refractivity contribution in [2.24, 2.45) is 10.7 Å². The highest BCUT2D eigenvalue weighted by Crippen LogP contribution is 2.19. The molecule has 82 valence electrons. The van der Waals surface area contributed by atoms with Gasteiger partial charge in [-0.15, -0.1) is 11.3 Å². The van der Waals surface area contributed by atoms with Crippen LogP contribution in [0, 0.1) is 0 Å². The summed E-state index contributed by atoms with van der Waals surface area (Å²) in [4.78, 5) is 8.57. The van der Waals surface area contributed by atoms with Crippen molar-refractivity contribution in [1.29, 1.82) is 0 Å². The molecule has 1 unspecified atom stereocenters. The summed E-state index contributed by atoms with van der Waals surface area (Å²) in [7, 11) is 0. The second kappa shape index (κ2) is 4.61. The minimum Gasteiger partial charge on any atom is -0.370 e. The van der Waals surface area contributed by atoms with Crippen LogP contribution in [0.5, 0.6) is 0 Å². The summed E-state index contributed by atoms with van der Waals surface area (Å²) in [6, 6.07) is 0.573. The molecule has 15 heavy (non-hydrogen) atoms. The number of hydrogen-bond donors (Lipinski definition) is 2. The van der Waals surface area contributed by atoms with Gasteiger partial charge < -0.3 is 11.1 Å². The topological polar surface area (TPSA) is 63.3 Å². The Bertz CT molecular complexity index is 329. The van der Waals surface area contributed by atoms with Crippen LogP contribution in [0.2, 0.25) is 0 Å². The molecule has 1 aliphatic carbocycles. The molecule has 1 atom stereocenters. The maximum Gasteiger partial charge on any atom is 0.188 e. The number of nitrogens with two attached hydrogens (primary N) is 1. The van der Waals surface area contributed by atoms with E-state index in [9.17, 15) is 0 Å². The minimum absolute atomic E-state index is 0.351. The highest BCUT2D eigenvalue weighted by atomic mass is 32.1. The third-order valence-electron chi connectivity index (χ3n) is 2.34. The Morgan fingerprint density at radius 1 is 1.80 bits per heavy atom. The number of aromatic nitrogens is 1. The number of aliphatic imine (C=N–C) groups is 1. The third-order valence-corrected chi connectivity index (χ3v) is 3.34. The molecule has 4 nitrogen and oxygen atoms in total. The third kappa shape index (κ3) is 3.20. The fourth-order valence-corrected chi connectivity index (χ4v) is 1.96. The predicted octanol–water partition coefficient (Wildman–Crippen LogP) is 1.31. The molecule has 1 heterocycles. The van der Waals surface area contributed by atoms with Crippen LogP contribution in [0.1, 0.15) is 30.7 Å². The first kappa shape index (κ1) is 10.4. The van der Waals surface area contributed by atoms with Crippen LogP contribution in [-0.2, 0) is 0 Å². The predicted molar refractivity (Wildman–Crippen MR) is 63.2 cm³/mol. The van der Waals surface area contributed by atoms with Gasteiger partial charge in [0.05, 0.1) is 11.6 Å². The van der Waals surface area contributed by atoms with E-state index in [1.807, 2.05) is 11.6 Å². The quantitative estimate of drug-likeness (QED) is 0.599. The molecule has 0 spiro atoms. The van der Waals surface area contributed by atoms with Gasteiger partial charge >= 0.3 is 0 Å². The lowest BCUT2D eigenvalue weighted by Gasteiger charge is -2.06. The SMILES string of the molecule is CC(CN=C(N)NC1CC1)c1nccs1. The minimum atomic E-state index is 0.351. The number of hydrogen-bond acceptors (Lipinski definition) is 3. The maximum absolute atomic E-state index is 5.74. The van der Waals surface area contributed by atoms with Crippen molar-refractivity contribution in [3.63, 3.8) is 0 Å². The van der Waals surface area contributed by atoms with E-state index in [4.69, 9.17) is 5.73 Å². The Morgan fingerprint density at radius 2 is 2.60 bits per heavy atom. The lowest BCUT2D eigenvalue weighted by molar-refractivity contribution is 0.756. The molecule has 1 saturated carbocycles. The molecule has 5 heteroatoms. The van der Waals surface area contributed by atoms with Gasteiger partial charge in [-0.3, -0.25) is 4.99 Å². The molecule has 1 aromatic rings. The van der Waals surface area contributed by atoms with E-state index in [2.05, 4.69) is 22.2 Å². The lowest BCUT2D eigenvalue weighted by Crippen LogP contribution is -2.33. The number of nitrogens with zero attached hydrogens (tertiary/aromatic N) is 2. The van der Waals surface area contributed by atoms with Crippen LogP contribution in [0.4, 0.5) is 0 Å². The molecule has 1 fully saturated rings. The zero-order valence-corrected chi connectivity index (χ0v) is 9.63. The Kier molecular flexibility index (Phi) is 3.20. The molecular weight excluding hydrogens is 208 g/mol. The molecule has 1 aromatic heterocycles. The number of guanidine groups is 1. The van der Waals surface area contributed by atoms with Crippen molar-refractivity contribution in [2.45, 2.75) is 31.7 Å². The van der Waals surface area contributed by atoms with Crippen LogP contribution >= 0.6 is 11.3 Å². The molecule has 0 saturated heterocycles. The smallest absolute Gasteiger partial charge is 0.188 e. The number of rotatable bonds is 4. The molecule has 0 aliphatic heterocycles. The molecular formula is C10H16N4S. The Balaban J connectivity index is 1.80. The van der Waals surface area contributed by atoms with Gasteiger partial charge in [-0.1, -0.05) is 6.92 Å². The summed E-state index contributed by atoms with van der Waals surface area (Å²) in [5.74, 6) is 0.922. The molecule has 0 amide bonds. The largest absolute Gasteiger partial charge is 0.370 e. The molecule has 0 radical (unpaired) electrons. The van der Waals surface area contributed by atoms with E-state index in [0.717, 1.165) is 5.01 Å². The number of nitrogens with one attached hydrogen (secondary N) is 1. The van der Waals surface area contributed by atoms with Crippen molar-refractivity contribution in [3.05, 3.63) is 16.6 Å². The molecule has 0 aromatic carbocycles. The summed E-state index contributed by atoms with van der Waals surface area (Å²) >= 11 is 1.67. The van der Waals surface area contributed by atoms with Crippen LogP contribution in [0.25, 0.3) is 0 Å². The zero-order chi connectivity index (χ0) is 10.7. The normalized spacial score (nSPS) is 18.9. The summed E-state index contributed by atoms with van der Waals surface area (Å²) in [5.41, 5.74) is 5.74. The van der Waals surface area contributed by atoms with E-state index < -0.39 is 0 Å². The summed E-state index contributed by atoms with van der Waals surface area (Å²) < 4.78 is 0. The Labute approximate surface area is 93.6 Å². The first-order chi connectivity index (χ1) is 7.25. The van der Waals surface area contributed by atoms with Gasteiger partial charge in [0, 0.05) is 23.5 Å². The molecule has 2 rings (SSSR count). The highest BCUT2D eigenvalue weighted by Gasteiger charge is 2.21. The average Bonchev–Trinajstić information content (AvgIpc) is 2.86. The number of thiazole rings is 1. The van der Waals surface area contributed by atoms with Gasteiger partial charge in [-0.25, -0.2) is 4.98 Å². The van der Waals surface area contributed by atoms with E-state index in [0.29, 0.717) is 24.5 Å². The fraction of sp³-hybridized carbons (Fsp3) is 0.600. The van der Waals surface area contributed by atoms with Crippen LogP contribution < -0.4 is 11.1 Å². The Hall–Kier alpha value is -1.10. The second-order valence-corrected chi connectivity index (χ2v) is 4.84. The van der Waals surface area contributed by atoms with Gasteiger partial charge in [0.1, 0.15) is 0 Å². The van der Waals surface area contributed by atoms with Crippen molar-refractivity contribution >= 4 is 17.3 Å². The first-order valence-electron chi connectivity index (χ1n) is 5.21. The average molecular weight is 224 g/mol. The fourth-order valence-electron chi connectivity index (χ4n) is 1.27. The van der Waals surface area contributed by atoms with Gasteiger partial charge in [0.2, 0.25) is 0 Å². The van der Waals surface area contributed by atoms with Crippen LogP contribution in [0.15, 0.2) is 16.6 Å². The zero-order valence-electron chi connectivity index (χ0n) is 8.81. The molecule has 0 bridgehead atoms. The molecule has 1 aliphatic rings. The van der Waals surface area contributed by atoms with Gasteiger partial charge in [0.15, 0.2) is 5.96 Å². The highest BCUT2D eigenvalue weighted by molar-refractivity contribution is 7.09. The van der Waals surface area contributed by atoms with Crippen LogP contribution in [-0.4, -0.2) is 23.5 Å². The van der Waals surface area contributed by atoms with E-state index >= 15 is 0 Å². The van der Waals surface area contributed by atoms with Gasteiger partial charge in [0.25, 0.3) is 0 Å². The summed E-state index contributed by atoms with van der Waals surface area (Å²) in [5, 5.41) is 6.28. The first-order valence-corrected chi connectivity index (χ1v) is 6.09. The molecule has 3 N–H and O–H groups in total. The van der Waals surface area contributed by atoms with Crippen molar-refractivity contribution in [1.82, 2.24) is 10.3 Å². The van der Waals surface area contributed by atoms with E-state index in [1.54, 1.807) is 11.3 Å². The van der Waals surface area contributed by atoms with Crippen molar-refractivity contribution < 1.29 is 0 Å². The summed E-state index contributed by atoms with van der Waals surface area (Å²) in [6.45, 7) is 2.83. The van der Waals surface area contributed by atoms with Crippen LogP contribution in [0.3, 0.4) is 0 Å². The monoisotopic (exact) mass is 224 g/mol.